The first kappa shape index (κ1) is 15.6. The molecule has 0 bridgehead atoms. The molecule has 0 atom stereocenters. The molecular weight excluding hydrogens is 360 g/mol. The summed E-state index contributed by atoms with van der Waals surface area (Å²) >= 11 is 4.56. The molecule has 0 aliphatic rings. The van der Waals surface area contributed by atoms with E-state index in [1.807, 2.05) is 12.3 Å². The third-order valence-corrected chi connectivity index (χ3v) is 4.01. The van der Waals surface area contributed by atoms with Crippen LogP contribution >= 0.6 is 27.3 Å². The second-order valence-electron chi connectivity index (χ2n) is 4.29. The second-order valence-corrected chi connectivity index (χ2v) is 6.14. The summed E-state index contributed by atoms with van der Waals surface area (Å²) in [6.07, 6.45) is 0. The van der Waals surface area contributed by atoms with Crippen molar-refractivity contribution in [2.45, 2.75) is 20.5 Å². The summed E-state index contributed by atoms with van der Waals surface area (Å²) in [5.74, 6) is -0.326. The van der Waals surface area contributed by atoms with Gasteiger partial charge in [0.25, 0.3) is 0 Å². The largest absolute Gasteiger partial charge is 0.479 e. The normalized spacial score (nSPS) is 10.4. The zero-order valence-electron chi connectivity index (χ0n) is 11.3. The van der Waals surface area contributed by atoms with Crippen molar-refractivity contribution in [1.82, 2.24) is 4.98 Å². The van der Waals surface area contributed by atoms with Crippen LogP contribution in [0.25, 0.3) is 0 Å². The monoisotopic (exact) mass is 370 g/mol. The minimum absolute atomic E-state index is 0.0245. The molecule has 0 saturated carbocycles. The van der Waals surface area contributed by atoms with E-state index in [1.165, 1.54) is 30.4 Å². The molecule has 0 radical (unpaired) electrons. The summed E-state index contributed by atoms with van der Waals surface area (Å²) < 4.78 is 5.97. The van der Waals surface area contributed by atoms with Crippen molar-refractivity contribution in [3.8, 4) is 5.75 Å². The maximum absolute atomic E-state index is 11.7. The highest BCUT2D eigenvalue weighted by Crippen LogP contribution is 2.35. The number of nitrogens with zero attached hydrogens (tertiary/aromatic N) is 2. The zero-order chi connectivity index (χ0) is 15.6. The van der Waals surface area contributed by atoms with Crippen LogP contribution in [0.5, 0.6) is 5.75 Å². The molecular formula is C13H11BrN2O4S. The van der Waals surface area contributed by atoms with E-state index in [0.717, 1.165) is 5.69 Å². The molecule has 0 unspecified atom stereocenters. The number of carbonyl (C=O) groups is 1. The number of nitro groups is 1. The van der Waals surface area contributed by atoms with Crippen molar-refractivity contribution >= 4 is 38.7 Å². The first-order valence-electron chi connectivity index (χ1n) is 5.91. The number of Topliss-reactive ketones (excluding diaryl/α,β-unsaturated/α-hetero) is 1. The van der Waals surface area contributed by atoms with Gasteiger partial charge in [-0.05, 0) is 19.9 Å². The summed E-state index contributed by atoms with van der Waals surface area (Å²) in [4.78, 5) is 26.5. The lowest BCUT2D eigenvalue weighted by Crippen LogP contribution is -2.05. The van der Waals surface area contributed by atoms with E-state index in [1.54, 1.807) is 0 Å². The molecule has 0 aliphatic heterocycles. The van der Waals surface area contributed by atoms with E-state index < -0.39 is 4.92 Å². The number of hydrogen-bond acceptors (Lipinski definition) is 6. The van der Waals surface area contributed by atoms with Gasteiger partial charge in [0, 0.05) is 21.6 Å². The van der Waals surface area contributed by atoms with Gasteiger partial charge in [-0.15, -0.1) is 11.3 Å². The molecule has 0 aliphatic carbocycles. The fourth-order valence-electron chi connectivity index (χ4n) is 1.73. The van der Waals surface area contributed by atoms with E-state index in [0.29, 0.717) is 9.48 Å². The zero-order valence-corrected chi connectivity index (χ0v) is 13.7. The van der Waals surface area contributed by atoms with Crippen LogP contribution in [0.1, 0.15) is 28.0 Å². The first-order valence-corrected chi connectivity index (χ1v) is 7.58. The van der Waals surface area contributed by atoms with E-state index in [2.05, 4.69) is 20.9 Å². The van der Waals surface area contributed by atoms with Gasteiger partial charge < -0.3 is 4.74 Å². The number of halogens is 1. The summed E-state index contributed by atoms with van der Waals surface area (Å²) in [5.41, 5.74) is 0.780. The standard InChI is InChI=1S/C13H11BrN2O4S/c1-7-6-21-12(15-7)5-20-13-10(8(2)17)3-9(14)4-11(13)16(18)19/h3-4,6H,5H2,1-2H3. The van der Waals surface area contributed by atoms with Gasteiger partial charge in [-0.3, -0.25) is 14.9 Å². The Morgan fingerprint density at radius 2 is 2.24 bits per heavy atom. The number of carbonyl (C=O) groups excluding carboxylic acids is 1. The number of aryl methyl sites for hydroxylation is 1. The number of aromatic nitrogens is 1. The molecule has 1 aromatic heterocycles. The quantitative estimate of drug-likeness (QED) is 0.452. The Balaban J connectivity index is 2.39. The van der Waals surface area contributed by atoms with Crippen LogP contribution in [0.3, 0.4) is 0 Å². The van der Waals surface area contributed by atoms with Gasteiger partial charge in [-0.25, -0.2) is 4.98 Å². The molecule has 1 aromatic carbocycles. The van der Waals surface area contributed by atoms with Crippen molar-refractivity contribution < 1.29 is 14.5 Å². The predicted octanol–water partition coefficient (Wildman–Crippen LogP) is 3.90. The maximum atomic E-state index is 11.7. The van der Waals surface area contributed by atoms with E-state index in [-0.39, 0.29) is 29.4 Å². The van der Waals surface area contributed by atoms with E-state index in [9.17, 15) is 14.9 Å². The number of benzene rings is 1. The van der Waals surface area contributed by atoms with Crippen LogP contribution < -0.4 is 4.74 Å². The lowest BCUT2D eigenvalue weighted by atomic mass is 10.1. The highest BCUT2D eigenvalue weighted by atomic mass is 79.9. The minimum Gasteiger partial charge on any atom is -0.479 e. The fraction of sp³-hybridized carbons (Fsp3) is 0.231. The van der Waals surface area contributed by atoms with Gasteiger partial charge in [0.05, 0.1) is 10.5 Å². The molecule has 2 rings (SSSR count). The van der Waals surface area contributed by atoms with Crippen LogP contribution in [0.2, 0.25) is 0 Å². The average Bonchev–Trinajstić information content (AvgIpc) is 2.81. The Bertz CT molecular complexity index is 679. The minimum atomic E-state index is -0.570. The highest BCUT2D eigenvalue weighted by molar-refractivity contribution is 9.10. The van der Waals surface area contributed by atoms with Crippen molar-refractivity contribution in [1.29, 1.82) is 0 Å². The third kappa shape index (κ3) is 3.64. The van der Waals surface area contributed by atoms with Gasteiger partial charge in [-0.1, -0.05) is 15.9 Å². The number of nitro benzene ring substituents is 1. The summed E-state index contributed by atoms with van der Waals surface area (Å²) in [5, 5.41) is 13.7. The topological polar surface area (TPSA) is 82.3 Å². The van der Waals surface area contributed by atoms with Crippen molar-refractivity contribution in [3.05, 3.63) is 48.4 Å². The summed E-state index contributed by atoms with van der Waals surface area (Å²) in [6.45, 7) is 3.27. The molecule has 6 nitrogen and oxygen atoms in total. The van der Waals surface area contributed by atoms with Gasteiger partial charge >= 0.3 is 5.69 Å². The molecule has 0 amide bonds. The first-order chi connectivity index (χ1) is 9.88. The Labute approximate surface area is 133 Å². The average molecular weight is 371 g/mol. The van der Waals surface area contributed by atoms with Crippen LogP contribution in [0.4, 0.5) is 5.69 Å². The Morgan fingerprint density at radius 1 is 1.52 bits per heavy atom. The number of ether oxygens (including phenoxy) is 1. The van der Waals surface area contributed by atoms with E-state index >= 15 is 0 Å². The lowest BCUT2D eigenvalue weighted by Gasteiger charge is -2.09. The summed E-state index contributed by atoms with van der Waals surface area (Å²) in [7, 11) is 0. The summed E-state index contributed by atoms with van der Waals surface area (Å²) in [6, 6.07) is 2.83. The lowest BCUT2D eigenvalue weighted by molar-refractivity contribution is -0.386. The van der Waals surface area contributed by atoms with Crippen LogP contribution in [-0.4, -0.2) is 15.7 Å². The fourth-order valence-corrected chi connectivity index (χ4v) is 2.86. The highest BCUT2D eigenvalue weighted by Gasteiger charge is 2.23. The van der Waals surface area contributed by atoms with Crippen molar-refractivity contribution in [2.75, 3.05) is 0 Å². The Kier molecular flexibility index (Phi) is 4.69. The third-order valence-electron chi connectivity index (χ3n) is 2.62. The van der Waals surface area contributed by atoms with Crippen molar-refractivity contribution in [3.63, 3.8) is 0 Å². The Hall–Kier alpha value is -1.80. The molecule has 0 fully saturated rings. The molecule has 1 heterocycles. The van der Waals surface area contributed by atoms with Gasteiger partial charge in [-0.2, -0.15) is 0 Å². The number of thiazole rings is 1. The Morgan fingerprint density at radius 3 is 2.76 bits per heavy atom. The molecule has 0 saturated heterocycles. The van der Waals surface area contributed by atoms with Crippen LogP contribution in [0, 0.1) is 17.0 Å². The molecule has 8 heteroatoms. The van der Waals surface area contributed by atoms with Crippen molar-refractivity contribution in [2.24, 2.45) is 0 Å². The molecule has 2 aromatic rings. The van der Waals surface area contributed by atoms with Gasteiger partial charge in [0.1, 0.15) is 11.6 Å². The molecule has 21 heavy (non-hydrogen) atoms. The number of hydrogen-bond donors (Lipinski definition) is 0. The predicted molar refractivity (Wildman–Crippen MR) is 82.0 cm³/mol. The van der Waals surface area contributed by atoms with Crippen LogP contribution in [0.15, 0.2) is 22.0 Å². The molecule has 0 N–H and O–H groups in total. The van der Waals surface area contributed by atoms with E-state index in [4.69, 9.17) is 4.74 Å². The van der Waals surface area contributed by atoms with Gasteiger partial charge in [0.15, 0.2) is 5.78 Å². The number of ketones is 1. The smallest absolute Gasteiger partial charge is 0.312 e. The number of rotatable bonds is 5. The van der Waals surface area contributed by atoms with Crippen LogP contribution in [-0.2, 0) is 6.61 Å². The SMILES string of the molecule is CC(=O)c1cc(Br)cc([N+](=O)[O-])c1OCc1nc(C)cs1. The maximum Gasteiger partial charge on any atom is 0.312 e. The molecule has 110 valence electrons. The molecule has 0 spiro atoms. The second kappa shape index (κ2) is 6.31. The van der Waals surface area contributed by atoms with Gasteiger partial charge in [0.2, 0.25) is 5.75 Å².